The summed E-state index contributed by atoms with van der Waals surface area (Å²) in [7, 11) is 1.59. The second-order valence-electron chi connectivity index (χ2n) is 5.42. The fourth-order valence-electron chi connectivity index (χ4n) is 2.19. The van der Waals surface area contributed by atoms with Crippen LogP contribution in [-0.4, -0.2) is 19.3 Å². The lowest BCUT2D eigenvalue weighted by Gasteiger charge is -2.05. The molecule has 0 saturated carbocycles. The van der Waals surface area contributed by atoms with Gasteiger partial charge in [0.05, 0.1) is 18.4 Å². The number of hydrogen-bond donors (Lipinski definition) is 0. The van der Waals surface area contributed by atoms with Gasteiger partial charge in [-0.05, 0) is 66.2 Å². The highest BCUT2D eigenvalue weighted by atomic mass is 79.9. The molecule has 0 aliphatic heterocycles. The van der Waals surface area contributed by atoms with Gasteiger partial charge in [-0.25, -0.2) is 4.79 Å². The number of aliphatic imine (C=N–C) groups is 1. The quantitative estimate of drug-likeness (QED) is 0.320. The molecule has 0 N–H and O–H groups in total. The molecule has 0 saturated heterocycles. The number of methoxy groups -OCH3 is 1. The third-order valence-corrected chi connectivity index (χ3v) is 4.13. The normalized spacial score (nSPS) is 10.7. The van der Waals surface area contributed by atoms with E-state index in [1.165, 1.54) is 0 Å². The van der Waals surface area contributed by atoms with E-state index in [0.29, 0.717) is 17.1 Å². The lowest BCUT2D eigenvalue weighted by molar-refractivity contribution is 0.0734. The SMILES string of the molecule is COc1ccc(OC(=O)c2ccc(N=Cc3ccc(Br)cc3)cc2)cc1. The molecular weight excluding hydrogens is 394 g/mol. The Kier molecular flexibility index (Phi) is 5.81. The highest BCUT2D eigenvalue weighted by Gasteiger charge is 2.08. The van der Waals surface area contributed by atoms with E-state index in [1.54, 1.807) is 61.9 Å². The van der Waals surface area contributed by atoms with Crippen LogP contribution in [0.1, 0.15) is 15.9 Å². The van der Waals surface area contributed by atoms with E-state index in [0.717, 1.165) is 15.7 Å². The van der Waals surface area contributed by atoms with Crippen LogP contribution in [0.25, 0.3) is 0 Å². The van der Waals surface area contributed by atoms with Gasteiger partial charge in [-0.3, -0.25) is 4.99 Å². The maximum absolute atomic E-state index is 12.2. The molecule has 130 valence electrons. The van der Waals surface area contributed by atoms with E-state index in [1.807, 2.05) is 24.3 Å². The molecule has 0 aliphatic carbocycles. The molecule has 3 aromatic rings. The Balaban J connectivity index is 1.64. The molecule has 4 nitrogen and oxygen atoms in total. The Morgan fingerprint density at radius 2 is 1.50 bits per heavy atom. The number of nitrogens with zero attached hydrogens (tertiary/aromatic N) is 1. The summed E-state index contributed by atoms with van der Waals surface area (Å²) in [4.78, 5) is 16.6. The minimum absolute atomic E-state index is 0.418. The maximum Gasteiger partial charge on any atom is 0.343 e. The Morgan fingerprint density at radius 1 is 0.885 bits per heavy atom. The molecule has 26 heavy (non-hydrogen) atoms. The summed E-state index contributed by atoms with van der Waals surface area (Å²) in [6.07, 6.45) is 1.77. The predicted molar refractivity (Wildman–Crippen MR) is 106 cm³/mol. The van der Waals surface area contributed by atoms with Crippen molar-refractivity contribution in [3.63, 3.8) is 0 Å². The highest BCUT2D eigenvalue weighted by Crippen LogP contribution is 2.19. The van der Waals surface area contributed by atoms with Crippen molar-refractivity contribution in [1.82, 2.24) is 0 Å². The number of rotatable bonds is 5. The topological polar surface area (TPSA) is 47.9 Å². The third-order valence-electron chi connectivity index (χ3n) is 3.61. The smallest absolute Gasteiger partial charge is 0.343 e. The average Bonchev–Trinajstić information content (AvgIpc) is 2.68. The zero-order valence-electron chi connectivity index (χ0n) is 14.1. The van der Waals surface area contributed by atoms with Crippen LogP contribution in [0.15, 0.2) is 82.3 Å². The van der Waals surface area contributed by atoms with E-state index < -0.39 is 5.97 Å². The molecule has 5 heteroatoms. The molecule has 0 atom stereocenters. The summed E-state index contributed by atoms with van der Waals surface area (Å²) in [5.41, 5.74) is 2.22. The number of halogens is 1. The van der Waals surface area contributed by atoms with Crippen molar-refractivity contribution in [2.45, 2.75) is 0 Å². The molecule has 0 spiro atoms. The largest absolute Gasteiger partial charge is 0.497 e. The first-order valence-electron chi connectivity index (χ1n) is 7.90. The van der Waals surface area contributed by atoms with Crippen LogP contribution in [0.5, 0.6) is 11.5 Å². The van der Waals surface area contributed by atoms with Gasteiger partial charge < -0.3 is 9.47 Å². The summed E-state index contributed by atoms with van der Waals surface area (Å²) in [5, 5.41) is 0. The number of carbonyl (C=O) groups is 1. The molecule has 0 radical (unpaired) electrons. The summed E-state index contributed by atoms with van der Waals surface area (Å²) in [6, 6.07) is 21.6. The Morgan fingerprint density at radius 3 is 2.12 bits per heavy atom. The van der Waals surface area contributed by atoms with Gasteiger partial charge >= 0.3 is 5.97 Å². The van der Waals surface area contributed by atoms with Crippen molar-refractivity contribution in [1.29, 1.82) is 0 Å². The molecule has 0 unspecified atom stereocenters. The minimum Gasteiger partial charge on any atom is -0.497 e. The van der Waals surface area contributed by atoms with Gasteiger partial charge in [0, 0.05) is 10.7 Å². The fourth-order valence-corrected chi connectivity index (χ4v) is 2.46. The van der Waals surface area contributed by atoms with E-state index in [-0.39, 0.29) is 0 Å². The molecule has 0 aromatic heterocycles. The highest BCUT2D eigenvalue weighted by molar-refractivity contribution is 9.10. The van der Waals surface area contributed by atoms with Crippen molar-refractivity contribution in [2.75, 3.05) is 7.11 Å². The van der Waals surface area contributed by atoms with Crippen LogP contribution in [0, 0.1) is 0 Å². The van der Waals surface area contributed by atoms with Crippen molar-refractivity contribution in [3.05, 3.63) is 88.4 Å². The lowest BCUT2D eigenvalue weighted by Crippen LogP contribution is -2.08. The summed E-state index contributed by atoms with van der Waals surface area (Å²) in [5.74, 6) is 0.754. The molecule has 3 rings (SSSR count). The second-order valence-corrected chi connectivity index (χ2v) is 6.34. The van der Waals surface area contributed by atoms with Gasteiger partial charge in [-0.1, -0.05) is 28.1 Å². The van der Waals surface area contributed by atoms with Crippen LogP contribution < -0.4 is 9.47 Å². The van der Waals surface area contributed by atoms with E-state index >= 15 is 0 Å². The Bertz CT molecular complexity index is 901. The summed E-state index contributed by atoms with van der Waals surface area (Å²) in [6.45, 7) is 0. The maximum atomic E-state index is 12.2. The number of benzene rings is 3. The van der Waals surface area contributed by atoms with Crippen molar-refractivity contribution < 1.29 is 14.3 Å². The summed E-state index contributed by atoms with van der Waals surface area (Å²) < 4.78 is 11.4. The molecule has 0 bridgehead atoms. The molecule has 3 aromatic carbocycles. The summed E-state index contributed by atoms with van der Waals surface area (Å²) >= 11 is 3.40. The minimum atomic E-state index is -0.418. The number of hydrogen-bond acceptors (Lipinski definition) is 4. The molecule has 0 amide bonds. The molecular formula is C21H16BrNO3. The predicted octanol–water partition coefficient (Wildman–Crippen LogP) is 5.43. The van der Waals surface area contributed by atoms with E-state index in [9.17, 15) is 4.79 Å². The van der Waals surface area contributed by atoms with Crippen molar-refractivity contribution >= 4 is 33.8 Å². The fraction of sp³-hybridized carbons (Fsp3) is 0.0476. The number of esters is 1. The number of ether oxygens (including phenoxy) is 2. The monoisotopic (exact) mass is 409 g/mol. The number of carbonyl (C=O) groups excluding carboxylic acids is 1. The first-order valence-corrected chi connectivity index (χ1v) is 8.69. The van der Waals surface area contributed by atoms with Crippen LogP contribution in [-0.2, 0) is 0 Å². The average molecular weight is 410 g/mol. The van der Waals surface area contributed by atoms with Crippen molar-refractivity contribution in [2.24, 2.45) is 4.99 Å². The van der Waals surface area contributed by atoms with Gasteiger partial charge in [-0.15, -0.1) is 0 Å². The second kappa shape index (κ2) is 8.45. The first kappa shape index (κ1) is 17.9. The molecule has 0 fully saturated rings. The van der Waals surface area contributed by atoms with Crippen LogP contribution in [0.3, 0.4) is 0 Å². The molecule has 0 aliphatic rings. The lowest BCUT2D eigenvalue weighted by atomic mass is 10.2. The molecule has 0 heterocycles. The zero-order valence-corrected chi connectivity index (χ0v) is 15.6. The standard InChI is InChI=1S/C21H16BrNO3/c1-25-19-10-12-20(13-11-19)26-21(24)16-4-8-18(9-5-16)23-14-15-2-6-17(22)7-3-15/h2-14H,1H3. The Labute approximate surface area is 160 Å². The van der Waals surface area contributed by atoms with Gasteiger partial charge in [-0.2, -0.15) is 0 Å². The van der Waals surface area contributed by atoms with E-state index in [2.05, 4.69) is 20.9 Å². The zero-order chi connectivity index (χ0) is 18.4. The van der Waals surface area contributed by atoms with Crippen LogP contribution in [0.4, 0.5) is 5.69 Å². The van der Waals surface area contributed by atoms with Crippen LogP contribution in [0.2, 0.25) is 0 Å². The van der Waals surface area contributed by atoms with E-state index in [4.69, 9.17) is 9.47 Å². The van der Waals surface area contributed by atoms with Crippen molar-refractivity contribution in [3.8, 4) is 11.5 Å². The van der Waals surface area contributed by atoms with Gasteiger partial charge in [0.1, 0.15) is 11.5 Å². The van der Waals surface area contributed by atoms with Crippen LogP contribution >= 0.6 is 15.9 Å². The van der Waals surface area contributed by atoms with Gasteiger partial charge in [0.15, 0.2) is 0 Å². The third kappa shape index (κ3) is 4.80. The van der Waals surface area contributed by atoms with Gasteiger partial charge in [0.25, 0.3) is 0 Å². The van der Waals surface area contributed by atoms with Gasteiger partial charge in [0.2, 0.25) is 0 Å². The first-order chi connectivity index (χ1) is 12.6. The Hall–Kier alpha value is -2.92.